The van der Waals surface area contributed by atoms with Crippen molar-refractivity contribution >= 4 is 17.5 Å². The van der Waals surface area contributed by atoms with E-state index in [1.165, 1.54) is 13.2 Å². The SMILES string of the molecule is COC(=O)c1c(Nc2ccccc2F)n[nH]c1C. The molecule has 2 N–H and O–H groups in total. The van der Waals surface area contributed by atoms with Gasteiger partial charge in [-0.15, -0.1) is 0 Å². The van der Waals surface area contributed by atoms with Crippen LogP contribution in [0.5, 0.6) is 0 Å². The van der Waals surface area contributed by atoms with Crippen molar-refractivity contribution in [3.63, 3.8) is 0 Å². The molecule has 0 amide bonds. The zero-order chi connectivity index (χ0) is 13.1. The van der Waals surface area contributed by atoms with Crippen LogP contribution in [-0.4, -0.2) is 23.3 Å². The predicted octanol–water partition coefficient (Wildman–Crippen LogP) is 2.39. The summed E-state index contributed by atoms with van der Waals surface area (Å²) in [5.41, 5.74) is 1.07. The standard InChI is InChI=1S/C12H12FN3O2/c1-7-10(12(17)18-2)11(16-15-7)14-9-6-4-3-5-8(9)13/h3-6H,1-2H3,(H2,14,15,16). The number of para-hydroxylation sites is 1. The minimum Gasteiger partial charge on any atom is -0.465 e. The lowest BCUT2D eigenvalue weighted by atomic mass is 10.2. The number of rotatable bonds is 3. The summed E-state index contributed by atoms with van der Waals surface area (Å²) in [6, 6.07) is 6.14. The number of hydrogen-bond donors (Lipinski definition) is 2. The topological polar surface area (TPSA) is 67.0 Å². The van der Waals surface area contributed by atoms with E-state index in [-0.39, 0.29) is 17.1 Å². The molecule has 0 atom stereocenters. The fourth-order valence-electron chi connectivity index (χ4n) is 1.56. The lowest BCUT2D eigenvalue weighted by Gasteiger charge is -2.06. The highest BCUT2D eigenvalue weighted by atomic mass is 19.1. The van der Waals surface area contributed by atoms with Gasteiger partial charge in [-0.25, -0.2) is 9.18 Å². The van der Waals surface area contributed by atoms with Gasteiger partial charge in [-0.3, -0.25) is 5.10 Å². The molecule has 0 aliphatic rings. The summed E-state index contributed by atoms with van der Waals surface area (Å²) in [4.78, 5) is 11.6. The van der Waals surface area contributed by atoms with Crippen LogP contribution in [0, 0.1) is 12.7 Å². The average molecular weight is 249 g/mol. The molecule has 6 heteroatoms. The van der Waals surface area contributed by atoms with Gasteiger partial charge in [0, 0.05) is 5.69 Å². The molecular weight excluding hydrogens is 237 g/mol. The number of esters is 1. The monoisotopic (exact) mass is 249 g/mol. The lowest BCUT2D eigenvalue weighted by Crippen LogP contribution is -2.06. The summed E-state index contributed by atoms with van der Waals surface area (Å²) in [6.45, 7) is 1.69. The van der Waals surface area contributed by atoms with Gasteiger partial charge in [-0.1, -0.05) is 12.1 Å². The van der Waals surface area contributed by atoms with Crippen LogP contribution in [-0.2, 0) is 4.74 Å². The summed E-state index contributed by atoms with van der Waals surface area (Å²) < 4.78 is 18.1. The molecule has 18 heavy (non-hydrogen) atoms. The third-order valence-corrected chi connectivity index (χ3v) is 2.46. The number of ether oxygens (including phenoxy) is 1. The molecule has 1 heterocycles. The number of aromatic amines is 1. The highest BCUT2D eigenvalue weighted by molar-refractivity contribution is 5.96. The zero-order valence-corrected chi connectivity index (χ0v) is 9.95. The fourth-order valence-corrected chi connectivity index (χ4v) is 1.56. The minimum absolute atomic E-state index is 0.240. The van der Waals surface area contributed by atoms with E-state index in [2.05, 4.69) is 20.3 Å². The van der Waals surface area contributed by atoms with Crippen LogP contribution in [0.1, 0.15) is 16.1 Å². The number of nitrogens with one attached hydrogen (secondary N) is 2. The smallest absolute Gasteiger partial charge is 0.343 e. The second-order valence-corrected chi connectivity index (χ2v) is 3.67. The summed E-state index contributed by atoms with van der Waals surface area (Å²) in [5.74, 6) is -0.710. The Labute approximate surface area is 103 Å². The highest BCUT2D eigenvalue weighted by Crippen LogP contribution is 2.23. The first-order chi connectivity index (χ1) is 8.63. The van der Waals surface area contributed by atoms with Crippen molar-refractivity contribution in [3.8, 4) is 0 Å². The maximum atomic E-state index is 13.5. The van der Waals surface area contributed by atoms with Crippen molar-refractivity contribution in [2.24, 2.45) is 0 Å². The fraction of sp³-hybridized carbons (Fsp3) is 0.167. The number of carbonyl (C=O) groups excluding carboxylic acids is 1. The van der Waals surface area contributed by atoms with E-state index in [0.29, 0.717) is 5.69 Å². The number of hydrogen-bond acceptors (Lipinski definition) is 4. The number of anilines is 2. The van der Waals surface area contributed by atoms with Gasteiger partial charge in [0.2, 0.25) is 0 Å². The predicted molar refractivity (Wildman–Crippen MR) is 64.3 cm³/mol. The Hall–Kier alpha value is -2.37. The largest absolute Gasteiger partial charge is 0.465 e. The van der Waals surface area contributed by atoms with Crippen LogP contribution in [0.2, 0.25) is 0 Å². The first kappa shape index (κ1) is 12.1. The minimum atomic E-state index is -0.528. The van der Waals surface area contributed by atoms with E-state index in [9.17, 15) is 9.18 Å². The van der Waals surface area contributed by atoms with Crippen molar-refractivity contribution in [1.82, 2.24) is 10.2 Å². The van der Waals surface area contributed by atoms with Crippen LogP contribution in [0.4, 0.5) is 15.9 Å². The van der Waals surface area contributed by atoms with Crippen LogP contribution in [0.3, 0.4) is 0 Å². The number of benzene rings is 1. The molecule has 1 aromatic heterocycles. The normalized spacial score (nSPS) is 10.2. The average Bonchev–Trinajstić information content (AvgIpc) is 2.72. The number of aromatic nitrogens is 2. The van der Waals surface area contributed by atoms with Crippen molar-refractivity contribution in [3.05, 3.63) is 41.3 Å². The second-order valence-electron chi connectivity index (χ2n) is 3.67. The van der Waals surface area contributed by atoms with E-state index in [4.69, 9.17) is 0 Å². The van der Waals surface area contributed by atoms with Gasteiger partial charge in [0.1, 0.15) is 11.4 Å². The molecule has 0 bridgehead atoms. The van der Waals surface area contributed by atoms with Crippen LogP contribution in [0.15, 0.2) is 24.3 Å². The Morgan fingerprint density at radius 1 is 1.44 bits per heavy atom. The maximum Gasteiger partial charge on any atom is 0.343 e. The molecule has 0 aliphatic heterocycles. The van der Waals surface area contributed by atoms with Gasteiger partial charge < -0.3 is 10.1 Å². The van der Waals surface area contributed by atoms with E-state index >= 15 is 0 Å². The van der Waals surface area contributed by atoms with Gasteiger partial charge in [0.25, 0.3) is 0 Å². The number of nitrogens with zero attached hydrogens (tertiary/aromatic N) is 1. The molecule has 2 aromatic rings. The zero-order valence-electron chi connectivity index (χ0n) is 9.95. The molecule has 94 valence electrons. The molecule has 2 rings (SSSR count). The summed E-state index contributed by atoms with van der Waals surface area (Å²) in [6.07, 6.45) is 0. The van der Waals surface area contributed by atoms with Crippen molar-refractivity contribution in [2.45, 2.75) is 6.92 Å². The van der Waals surface area contributed by atoms with Crippen LogP contribution in [0.25, 0.3) is 0 Å². The Morgan fingerprint density at radius 3 is 2.83 bits per heavy atom. The molecule has 1 aromatic carbocycles. The summed E-state index contributed by atoms with van der Waals surface area (Å²) >= 11 is 0. The lowest BCUT2D eigenvalue weighted by molar-refractivity contribution is 0.0601. The van der Waals surface area contributed by atoms with Crippen LogP contribution < -0.4 is 5.32 Å². The first-order valence-electron chi connectivity index (χ1n) is 5.28. The van der Waals surface area contributed by atoms with Crippen molar-refractivity contribution in [1.29, 1.82) is 0 Å². The molecule has 0 saturated carbocycles. The molecule has 0 spiro atoms. The van der Waals surface area contributed by atoms with E-state index in [1.807, 2.05) is 0 Å². The number of aryl methyl sites for hydroxylation is 1. The third-order valence-electron chi connectivity index (χ3n) is 2.46. The molecule has 0 fully saturated rings. The highest BCUT2D eigenvalue weighted by Gasteiger charge is 2.19. The number of carbonyl (C=O) groups is 1. The quantitative estimate of drug-likeness (QED) is 0.819. The summed E-state index contributed by atoms with van der Waals surface area (Å²) in [5, 5.41) is 9.33. The Bertz CT molecular complexity index is 580. The van der Waals surface area contributed by atoms with Gasteiger partial charge >= 0.3 is 5.97 Å². The van der Waals surface area contributed by atoms with E-state index < -0.39 is 11.8 Å². The molecule has 0 aliphatic carbocycles. The van der Waals surface area contributed by atoms with Crippen molar-refractivity contribution < 1.29 is 13.9 Å². The number of halogens is 1. The Morgan fingerprint density at radius 2 is 2.17 bits per heavy atom. The van der Waals surface area contributed by atoms with Gasteiger partial charge in [-0.05, 0) is 19.1 Å². The van der Waals surface area contributed by atoms with E-state index in [0.717, 1.165) is 0 Å². The first-order valence-corrected chi connectivity index (χ1v) is 5.28. The Balaban J connectivity index is 2.36. The number of H-pyrrole nitrogens is 1. The second kappa shape index (κ2) is 4.87. The molecule has 0 radical (unpaired) electrons. The molecule has 5 nitrogen and oxygen atoms in total. The van der Waals surface area contributed by atoms with Gasteiger partial charge in [0.15, 0.2) is 5.82 Å². The molecule has 0 saturated heterocycles. The number of methoxy groups -OCH3 is 1. The molecule has 0 unspecified atom stereocenters. The van der Waals surface area contributed by atoms with Gasteiger partial charge in [0.05, 0.1) is 12.8 Å². The molecular formula is C12H12FN3O2. The van der Waals surface area contributed by atoms with Gasteiger partial charge in [-0.2, -0.15) is 5.10 Å². The maximum absolute atomic E-state index is 13.5. The van der Waals surface area contributed by atoms with E-state index in [1.54, 1.807) is 25.1 Å². The van der Waals surface area contributed by atoms with Crippen LogP contribution >= 0.6 is 0 Å². The van der Waals surface area contributed by atoms with Crippen molar-refractivity contribution in [2.75, 3.05) is 12.4 Å². The Kier molecular flexibility index (Phi) is 3.27. The summed E-state index contributed by atoms with van der Waals surface area (Å²) in [7, 11) is 1.28. The third kappa shape index (κ3) is 2.17.